The van der Waals surface area contributed by atoms with Gasteiger partial charge in [-0.1, -0.05) is 25.7 Å². The van der Waals surface area contributed by atoms with Crippen molar-refractivity contribution >= 4 is 17.2 Å². The molecular formula is C16H23NO3S. The molecule has 5 heteroatoms. The van der Waals surface area contributed by atoms with E-state index in [1.807, 2.05) is 17.9 Å². The van der Waals surface area contributed by atoms with Crippen molar-refractivity contribution in [3.8, 4) is 11.8 Å². The maximum atomic E-state index is 12.6. The summed E-state index contributed by atoms with van der Waals surface area (Å²) >= 11 is 1.38. The first-order valence-corrected chi connectivity index (χ1v) is 7.79. The van der Waals surface area contributed by atoms with Gasteiger partial charge in [-0.05, 0) is 24.5 Å². The predicted molar refractivity (Wildman–Crippen MR) is 85.6 cm³/mol. The third-order valence-corrected chi connectivity index (χ3v) is 3.99. The van der Waals surface area contributed by atoms with Crippen LogP contribution in [0.2, 0.25) is 0 Å². The van der Waals surface area contributed by atoms with Gasteiger partial charge in [0.1, 0.15) is 6.61 Å². The Hall–Kier alpha value is -1.35. The Bertz CT molecular complexity index is 525. The molecule has 1 amide bonds. The number of rotatable bonds is 6. The summed E-state index contributed by atoms with van der Waals surface area (Å²) in [5.74, 6) is 5.93. The van der Waals surface area contributed by atoms with E-state index in [4.69, 9.17) is 9.84 Å². The molecule has 0 aromatic carbocycles. The average Bonchev–Trinajstić information content (AvgIpc) is 2.81. The Kier molecular flexibility index (Phi) is 7.44. The summed E-state index contributed by atoms with van der Waals surface area (Å²) in [4.78, 5) is 16.0. The summed E-state index contributed by atoms with van der Waals surface area (Å²) in [5.41, 5.74) is 0.973. The van der Waals surface area contributed by atoms with Crippen molar-refractivity contribution in [2.75, 3.05) is 33.4 Å². The zero-order chi connectivity index (χ0) is 15.8. The molecule has 0 unspecified atom stereocenters. The number of aliphatic hydroxyl groups excluding tert-OH is 1. The molecule has 4 nitrogen and oxygen atoms in total. The Balaban J connectivity index is 2.92. The third kappa shape index (κ3) is 5.50. The summed E-state index contributed by atoms with van der Waals surface area (Å²) < 4.78 is 5.08. The molecule has 0 radical (unpaired) electrons. The van der Waals surface area contributed by atoms with Crippen LogP contribution in [0.5, 0.6) is 0 Å². The van der Waals surface area contributed by atoms with Crippen molar-refractivity contribution in [2.24, 2.45) is 5.92 Å². The number of aliphatic hydroxyl groups is 1. The first-order chi connectivity index (χ1) is 9.99. The minimum Gasteiger partial charge on any atom is -0.384 e. The number of carbonyl (C=O) groups excluding carboxylic acids is 1. The van der Waals surface area contributed by atoms with Gasteiger partial charge in [-0.25, -0.2) is 0 Å². The Morgan fingerprint density at radius 1 is 1.52 bits per heavy atom. The van der Waals surface area contributed by atoms with E-state index in [0.29, 0.717) is 30.5 Å². The van der Waals surface area contributed by atoms with Crippen molar-refractivity contribution in [1.82, 2.24) is 4.90 Å². The molecule has 0 bridgehead atoms. The van der Waals surface area contributed by atoms with Crippen molar-refractivity contribution < 1.29 is 14.6 Å². The summed E-state index contributed by atoms with van der Waals surface area (Å²) in [6.45, 7) is 7.75. The van der Waals surface area contributed by atoms with E-state index in [0.717, 1.165) is 10.4 Å². The molecule has 0 aliphatic carbocycles. The molecular weight excluding hydrogens is 286 g/mol. The summed E-state index contributed by atoms with van der Waals surface area (Å²) in [6, 6.07) is 1.87. The van der Waals surface area contributed by atoms with E-state index < -0.39 is 0 Å². The number of nitrogens with zero attached hydrogens (tertiary/aromatic N) is 1. The van der Waals surface area contributed by atoms with E-state index in [1.54, 1.807) is 7.11 Å². The standard InChI is InChI=1S/C16H23NO3S/c1-12(2)11-17(7-9-20-4)16(19)15-10-13(3)14(21-15)6-5-8-18/h10,12,18H,7-9,11H2,1-4H3. The lowest BCUT2D eigenvalue weighted by Gasteiger charge is -2.23. The van der Waals surface area contributed by atoms with Gasteiger partial charge in [-0.15, -0.1) is 11.3 Å². The topological polar surface area (TPSA) is 49.8 Å². The van der Waals surface area contributed by atoms with E-state index in [2.05, 4.69) is 25.7 Å². The van der Waals surface area contributed by atoms with Gasteiger partial charge in [-0.3, -0.25) is 4.79 Å². The van der Waals surface area contributed by atoms with Gasteiger partial charge in [0.15, 0.2) is 0 Å². The maximum absolute atomic E-state index is 12.6. The van der Waals surface area contributed by atoms with E-state index in [9.17, 15) is 4.79 Å². The second-order valence-electron chi connectivity index (χ2n) is 5.22. The number of amides is 1. The lowest BCUT2D eigenvalue weighted by Crippen LogP contribution is -2.36. The van der Waals surface area contributed by atoms with Gasteiger partial charge in [0.25, 0.3) is 5.91 Å². The smallest absolute Gasteiger partial charge is 0.264 e. The lowest BCUT2D eigenvalue weighted by molar-refractivity contribution is 0.0677. The SMILES string of the molecule is COCCN(CC(C)C)C(=O)c1cc(C)c(C#CCO)s1. The van der Waals surface area contributed by atoms with Gasteiger partial charge >= 0.3 is 0 Å². The van der Waals surface area contributed by atoms with Crippen LogP contribution >= 0.6 is 11.3 Å². The van der Waals surface area contributed by atoms with Crippen molar-refractivity contribution in [3.63, 3.8) is 0 Å². The minimum atomic E-state index is -0.173. The second kappa shape index (κ2) is 8.83. The molecule has 1 rings (SSSR count). The monoisotopic (exact) mass is 309 g/mol. The van der Waals surface area contributed by atoms with Crippen LogP contribution in [0.15, 0.2) is 6.07 Å². The largest absolute Gasteiger partial charge is 0.384 e. The van der Waals surface area contributed by atoms with Gasteiger partial charge in [0.2, 0.25) is 0 Å². The van der Waals surface area contributed by atoms with Crippen LogP contribution in [-0.4, -0.2) is 49.3 Å². The van der Waals surface area contributed by atoms with Crippen molar-refractivity contribution in [2.45, 2.75) is 20.8 Å². The minimum absolute atomic E-state index is 0.0194. The number of hydrogen-bond donors (Lipinski definition) is 1. The van der Waals surface area contributed by atoms with Crippen LogP contribution in [-0.2, 0) is 4.74 Å². The fourth-order valence-electron chi connectivity index (χ4n) is 1.91. The van der Waals surface area contributed by atoms with E-state index in [1.165, 1.54) is 11.3 Å². The van der Waals surface area contributed by atoms with E-state index >= 15 is 0 Å². The molecule has 1 aromatic rings. The van der Waals surface area contributed by atoms with Crippen LogP contribution in [0.3, 0.4) is 0 Å². The number of carbonyl (C=O) groups is 1. The zero-order valence-electron chi connectivity index (χ0n) is 13.1. The fourth-order valence-corrected chi connectivity index (χ4v) is 2.92. The molecule has 0 saturated carbocycles. The van der Waals surface area contributed by atoms with E-state index in [-0.39, 0.29) is 12.5 Å². The fraction of sp³-hybridized carbons (Fsp3) is 0.562. The molecule has 1 aromatic heterocycles. The predicted octanol–water partition coefficient (Wildman–Crippen LogP) is 2.14. The van der Waals surface area contributed by atoms with Crippen molar-refractivity contribution in [1.29, 1.82) is 0 Å². The maximum Gasteiger partial charge on any atom is 0.264 e. The summed E-state index contributed by atoms with van der Waals surface area (Å²) in [6.07, 6.45) is 0. The van der Waals surface area contributed by atoms with Crippen LogP contribution in [0.4, 0.5) is 0 Å². The molecule has 1 heterocycles. The molecule has 0 aliphatic rings. The van der Waals surface area contributed by atoms with Crippen LogP contribution in [0.25, 0.3) is 0 Å². The van der Waals surface area contributed by atoms with Gasteiger partial charge in [0.05, 0.1) is 16.4 Å². The second-order valence-corrected chi connectivity index (χ2v) is 6.27. The molecule has 0 aliphatic heterocycles. The summed E-state index contributed by atoms with van der Waals surface area (Å²) in [5, 5.41) is 8.76. The van der Waals surface area contributed by atoms with Gasteiger partial charge < -0.3 is 14.7 Å². The molecule has 116 valence electrons. The first-order valence-electron chi connectivity index (χ1n) is 6.98. The highest BCUT2D eigenvalue weighted by atomic mass is 32.1. The third-order valence-electron chi connectivity index (χ3n) is 2.85. The molecule has 0 saturated heterocycles. The normalized spacial score (nSPS) is 10.4. The van der Waals surface area contributed by atoms with Crippen LogP contribution in [0.1, 0.15) is 34.0 Å². The Morgan fingerprint density at radius 2 is 2.24 bits per heavy atom. The number of thiophene rings is 1. The Morgan fingerprint density at radius 3 is 2.81 bits per heavy atom. The number of methoxy groups -OCH3 is 1. The summed E-state index contributed by atoms with van der Waals surface area (Å²) in [7, 11) is 1.63. The Labute approximate surface area is 130 Å². The average molecular weight is 309 g/mol. The molecule has 0 spiro atoms. The molecule has 0 atom stereocenters. The van der Waals surface area contributed by atoms with Crippen LogP contribution in [0, 0.1) is 24.7 Å². The number of aryl methyl sites for hydroxylation is 1. The first kappa shape index (κ1) is 17.7. The molecule has 1 N–H and O–H groups in total. The highest BCUT2D eigenvalue weighted by Gasteiger charge is 2.19. The molecule has 0 fully saturated rings. The quantitative estimate of drug-likeness (QED) is 0.819. The van der Waals surface area contributed by atoms with Gasteiger partial charge in [-0.2, -0.15) is 0 Å². The number of hydrogen-bond acceptors (Lipinski definition) is 4. The highest BCUT2D eigenvalue weighted by Crippen LogP contribution is 2.22. The molecule has 21 heavy (non-hydrogen) atoms. The highest BCUT2D eigenvalue weighted by molar-refractivity contribution is 7.14. The van der Waals surface area contributed by atoms with Gasteiger partial charge in [0, 0.05) is 20.2 Å². The lowest BCUT2D eigenvalue weighted by atomic mass is 10.2. The van der Waals surface area contributed by atoms with Crippen molar-refractivity contribution in [3.05, 3.63) is 21.4 Å². The zero-order valence-corrected chi connectivity index (χ0v) is 13.9. The number of ether oxygens (including phenoxy) is 1. The van der Waals surface area contributed by atoms with Crippen LogP contribution < -0.4 is 0 Å².